The summed E-state index contributed by atoms with van der Waals surface area (Å²) in [5.74, 6) is 0.670. The second kappa shape index (κ2) is 5.07. The highest BCUT2D eigenvalue weighted by Crippen LogP contribution is 2.31. The summed E-state index contributed by atoms with van der Waals surface area (Å²) in [4.78, 5) is 1.49. The number of hydrogen-bond acceptors (Lipinski definition) is 3. The summed E-state index contributed by atoms with van der Waals surface area (Å²) in [7, 11) is 3.27. The molecule has 18 heavy (non-hydrogen) atoms. The van der Waals surface area contributed by atoms with Gasteiger partial charge in [0, 0.05) is 20.6 Å². The highest BCUT2D eigenvalue weighted by Gasteiger charge is 2.28. The predicted molar refractivity (Wildman–Crippen MR) is 65.7 cm³/mol. The Labute approximate surface area is 105 Å². The van der Waals surface area contributed by atoms with Crippen molar-refractivity contribution in [2.24, 2.45) is 7.05 Å². The summed E-state index contributed by atoms with van der Waals surface area (Å²) in [6.07, 6.45) is -5.03. The van der Waals surface area contributed by atoms with Crippen LogP contribution < -0.4 is 10.6 Å². The maximum Gasteiger partial charge on any atom is 0.390 e. The number of halogens is 3. The molecule has 0 saturated carbocycles. The molecule has 0 aliphatic heterocycles. The zero-order valence-electron chi connectivity index (χ0n) is 11.0. The molecule has 2 N–H and O–H groups in total. The highest BCUT2D eigenvalue weighted by molar-refractivity contribution is 5.66. The molecule has 0 amide bonds. The second-order valence-corrected chi connectivity index (χ2v) is 4.69. The van der Waals surface area contributed by atoms with Gasteiger partial charge in [0.2, 0.25) is 0 Å². The van der Waals surface area contributed by atoms with Crippen LogP contribution >= 0.6 is 0 Å². The topological polar surface area (TPSA) is 47.1 Å². The van der Waals surface area contributed by atoms with E-state index in [-0.39, 0.29) is 12.5 Å². The molecule has 0 atom stereocenters. The SMILES string of the molecule is CC(C)c1nn(C)c(N(C)CCC(F)(F)F)c1N. The molecule has 0 aliphatic carbocycles. The Kier molecular flexibility index (Phi) is 4.13. The maximum atomic E-state index is 12.2. The number of rotatable bonds is 4. The second-order valence-electron chi connectivity index (χ2n) is 4.69. The lowest BCUT2D eigenvalue weighted by Gasteiger charge is -2.20. The Morgan fingerprint density at radius 3 is 2.33 bits per heavy atom. The van der Waals surface area contributed by atoms with Crippen LogP contribution in [0, 0.1) is 0 Å². The fourth-order valence-electron chi connectivity index (χ4n) is 1.83. The van der Waals surface area contributed by atoms with Gasteiger partial charge in [0.15, 0.2) is 0 Å². The minimum absolute atomic E-state index is 0.134. The largest absolute Gasteiger partial charge is 0.394 e. The van der Waals surface area contributed by atoms with Crippen LogP contribution in [0.4, 0.5) is 24.7 Å². The van der Waals surface area contributed by atoms with Crippen LogP contribution in [-0.4, -0.2) is 29.5 Å². The quantitative estimate of drug-likeness (QED) is 0.909. The van der Waals surface area contributed by atoms with Gasteiger partial charge in [-0.15, -0.1) is 0 Å². The van der Waals surface area contributed by atoms with Gasteiger partial charge in [-0.25, -0.2) is 0 Å². The van der Waals surface area contributed by atoms with Crippen LogP contribution in [0.15, 0.2) is 0 Å². The molecular formula is C11H19F3N4. The van der Waals surface area contributed by atoms with Gasteiger partial charge >= 0.3 is 6.18 Å². The van der Waals surface area contributed by atoms with E-state index >= 15 is 0 Å². The van der Waals surface area contributed by atoms with E-state index in [4.69, 9.17) is 5.73 Å². The van der Waals surface area contributed by atoms with Gasteiger partial charge < -0.3 is 10.6 Å². The van der Waals surface area contributed by atoms with Crippen molar-refractivity contribution in [3.05, 3.63) is 5.69 Å². The van der Waals surface area contributed by atoms with Gasteiger partial charge in [-0.1, -0.05) is 13.8 Å². The van der Waals surface area contributed by atoms with Crippen LogP contribution in [0.2, 0.25) is 0 Å². The molecule has 7 heteroatoms. The van der Waals surface area contributed by atoms with Crippen LogP contribution in [0.5, 0.6) is 0 Å². The van der Waals surface area contributed by atoms with Crippen molar-refractivity contribution in [3.63, 3.8) is 0 Å². The molecule has 1 heterocycles. The van der Waals surface area contributed by atoms with E-state index < -0.39 is 12.6 Å². The van der Waals surface area contributed by atoms with Crippen molar-refractivity contribution in [2.75, 3.05) is 24.2 Å². The lowest BCUT2D eigenvalue weighted by molar-refractivity contribution is -0.132. The summed E-state index contributed by atoms with van der Waals surface area (Å²) < 4.78 is 38.1. The average Bonchev–Trinajstić information content (AvgIpc) is 2.50. The van der Waals surface area contributed by atoms with E-state index in [1.165, 1.54) is 9.58 Å². The van der Waals surface area contributed by atoms with E-state index in [0.717, 1.165) is 0 Å². The van der Waals surface area contributed by atoms with Gasteiger partial charge in [-0.05, 0) is 5.92 Å². The third-order valence-electron chi connectivity index (χ3n) is 2.72. The van der Waals surface area contributed by atoms with Gasteiger partial charge in [-0.2, -0.15) is 18.3 Å². The number of nitrogens with zero attached hydrogens (tertiary/aromatic N) is 3. The van der Waals surface area contributed by atoms with E-state index in [9.17, 15) is 13.2 Å². The molecule has 0 radical (unpaired) electrons. The Balaban J connectivity index is 2.89. The zero-order valence-corrected chi connectivity index (χ0v) is 11.0. The first kappa shape index (κ1) is 14.7. The summed E-state index contributed by atoms with van der Waals surface area (Å²) >= 11 is 0. The Bertz CT molecular complexity index is 409. The van der Waals surface area contributed by atoms with Crippen LogP contribution in [0.1, 0.15) is 31.9 Å². The zero-order chi connectivity index (χ0) is 14.1. The molecule has 0 bridgehead atoms. The first-order chi connectivity index (χ1) is 8.13. The Morgan fingerprint density at radius 2 is 1.94 bits per heavy atom. The van der Waals surface area contributed by atoms with Crippen molar-refractivity contribution < 1.29 is 13.2 Å². The molecule has 0 spiro atoms. The third-order valence-corrected chi connectivity index (χ3v) is 2.72. The van der Waals surface area contributed by atoms with Gasteiger partial charge in [-0.3, -0.25) is 4.68 Å². The molecule has 1 rings (SSSR count). The van der Waals surface area contributed by atoms with E-state index in [1.54, 1.807) is 14.1 Å². The highest BCUT2D eigenvalue weighted by atomic mass is 19.4. The normalized spacial score (nSPS) is 12.2. The number of aryl methyl sites for hydroxylation is 1. The molecule has 0 aromatic carbocycles. The first-order valence-electron chi connectivity index (χ1n) is 5.73. The molecule has 0 saturated heterocycles. The average molecular weight is 264 g/mol. The van der Waals surface area contributed by atoms with Crippen LogP contribution in [0.25, 0.3) is 0 Å². The van der Waals surface area contributed by atoms with Crippen molar-refractivity contribution in [2.45, 2.75) is 32.4 Å². The molecule has 4 nitrogen and oxygen atoms in total. The summed E-state index contributed by atoms with van der Waals surface area (Å²) in [6.45, 7) is 3.75. The van der Waals surface area contributed by atoms with Crippen LogP contribution in [0.3, 0.4) is 0 Å². The number of aromatic nitrogens is 2. The van der Waals surface area contributed by atoms with E-state index in [0.29, 0.717) is 17.2 Å². The molecule has 0 fully saturated rings. The fourth-order valence-corrected chi connectivity index (χ4v) is 1.83. The van der Waals surface area contributed by atoms with E-state index in [1.807, 2.05) is 13.8 Å². The number of nitrogen functional groups attached to an aromatic ring is 1. The molecular weight excluding hydrogens is 245 g/mol. The molecule has 0 unspecified atom stereocenters. The van der Waals surface area contributed by atoms with Crippen molar-refractivity contribution >= 4 is 11.5 Å². The minimum atomic E-state index is -4.16. The lowest BCUT2D eigenvalue weighted by atomic mass is 10.1. The number of hydrogen-bond donors (Lipinski definition) is 1. The third kappa shape index (κ3) is 3.30. The van der Waals surface area contributed by atoms with Gasteiger partial charge in [0.1, 0.15) is 5.82 Å². The predicted octanol–water partition coefficient (Wildman–Crippen LogP) is 2.51. The van der Waals surface area contributed by atoms with Crippen LogP contribution in [-0.2, 0) is 7.05 Å². The number of alkyl halides is 3. The number of anilines is 2. The van der Waals surface area contributed by atoms with Crippen molar-refractivity contribution in [3.8, 4) is 0 Å². The first-order valence-corrected chi connectivity index (χ1v) is 5.73. The fraction of sp³-hybridized carbons (Fsp3) is 0.727. The van der Waals surface area contributed by atoms with Gasteiger partial charge in [0.25, 0.3) is 0 Å². The summed E-state index contributed by atoms with van der Waals surface area (Å²) in [6, 6.07) is 0. The Morgan fingerprint density at radius 1 is 1.39 bits per heavy atom. The lowest BCUT2D eigenvalue weighted by Crippen LogP contribution is -2.26. The maximum absolute atomic E-state index is 12.2. The molecule has 1 aromatic rings. The van der Waals surface area contributed by atoms with Gasteiger partial charge in [0.05, 0.1) is 17.8 Å². The molecule has 0 aliphatic rings. The summed E-state index contributed by atoms with van der Waals surface area (Å²) in [5.41, 5.74) is 7.11. The standard InChI is InChI=1S/C11H19F3N4/c1-7(2)9-8(15)10(18(4)16-9)17(3)6-5-11(12,13)14/h7H,5-6,15H2,1-4H3. The monoisotopic (exact) mass is 264 g/mol. The minimum Gasteiger partial charge on any atom is -0.394 e. The number of nitrogens with two attached hydrogens (primary N) is 1. The Hall–Kier alpha value is -1.40. The van der Waals surface area contributed by atoms with Crippen molar-refractivity contribution in [1.82, 2.24) is 9.78 Å². The summed E-state index contributed by atoms with van der Waals surface area (Å²) in [5, 5.41) is 4.24. The smallest absolute Gasteiger partial charge is 0.390 e. The van der Waals surface area contributed by atoms with E-state index in [2.05, 4.69) is 5.10 Å². The molecule has 104 valence electrons. The van der Waals surface area contributed by atoms with Crippen molar-refractivity contribution in [1.29, 1.82) is 0 Å². The molecule has 1 aromatic heterocycles.